The first-order valence-corrected chi connectivity index (χ1v) is 14.3. The number of halogens is 2. The van der Waals surface area contributed by atoms with Gasteiger partial charge in [0.2, 0.25) is 0 Å². The van der Waals surface area contributed by atoms with Crippen molar-refractivity contribution in [2.75, 3.05) is 0 Å². The minimum atomic E-state index is -1.41. The second-order valence-electron chi connectivity index (χ2n) is 10.4. The number of benzene rings is 4. The highest BCUT2D eigenvalue weighted by Crippen LogP contribution is 2.44. The van der Waals surface area contributed by atoms with Crippen LogP contribution in [0.25, 0.3) is 11.0 Å². The van der Waals surface area contributed by atoms with Crippen LogP contribution < -0.4 is 0 Å². The predicted octanol–water partition coefficient (Wildman–Crippen LogP) is 8.30. The lowest BCUT2D eigenvalue weighted by Gasteiger charge is -2.32. The number of hydrogen-bond acceptors (Lipinski definition) is 2. The van der Waals surface area contributed by atoms with Crippen molar-refractivity contribution >= 4 is 44.5 Å². The second kappa shape index (κ2) is 10.3. The molecular formula is C33H28BrClN2O2. The number of fused-ring (bicyclic) bond motifs is 1. The largest absolute Gasteiger partial charge is 0.480 e. The maximum atomic E-state index is 13.4. The second-order valence-corrected chi connectivity index (χ2v) is 11.8. The van der Waals surface area contributed by atoms with Crippen molar-refractivity contribution < 1.29 is 9.90 Å². The zero-order chi connectivity index (χ0) is 27.1. The number of imidazole rings is 1. The summed E-state index contributed by atoms with van der Waals surface area (Å²) < 4.78 is 3.37. The Morgan fingerprint density at radius 3 is 2.28 bits per heavy atom. The molecule has 1 atom stereocenters. The lowest BCUT2D eigenvalue weighted by Crippen LogP contribution is -2.38. The van der Waals surface area contributed by atoms with Gasteiger partial charge in [-0.1, -0.05) is 87.7 Å². The molecule has 1 fully saturated rings. The predicted molar refractivity (Wildman–Crippen MR) is 160 cm³/mol. The maximum absolute atomic E-state index is 13.4. The Kier molecular flexibility index (Phi) is 6.82. The molecule has 4 aromatic carbocycles. The molecule has 1 N–H and O–H groups in total. The van der Waals surface area contributed by atoms with Crippen LogP contribution in [0.15, 0.2) is 95.5 Å². The molecule has 1 unspecified atom stereocenters. The molecule has 5 aromatic rings. The Hall–Kier alpha value is -3.41. The van der Waals surface area contributed by atoms with E-state index >= 15 is 0 Å². The molecule has 0 aliphatic heterocycles. The fourth-order valence-electron chi connectivity index (χ4n) is 5.57. The van der Waals surface area contributed by atoms with E-state index in [0.29, 0.717) is 27.6 Å². The van der Waals surface area contributed by atoms with Crippen LogP contribution in [-0.2, 0) is 23.2 Å². The Morgan fingerprint density at radius 1 is 0.974 bits per heavy atom. The fourth-order valence-corrected chi connectivity index (χ4v) is 6.14. The van der Waals surface area contributed by atoms with E-state index < -0.39 is 11.4 Å². The van der Waals surface area contributed by atoms with E-state index in [0.717, 1.165) is 52.7 Å². The van der Waals surface area contributed by atoms with Gasteiger partial charge in [0.05, 0.1) is 11.0 Å². The quantitative estimate of drug-likeness (QED) is 0.183. The molecule has 0 spiro atoms. The van der Waals surface area contributed by atoms with E-state index in [1.54, 1.807) is 12.1 Å². The first-order chi connectivity index (χ1) is 18.9. The summed E-state index contributed by atoms with van der Waals surface area (Å²) in [6, 6.07) is 29.2. The molecule has 6 heteroatoms. The molecule has 0 saturated heterocycles. The molecule has 39 heavy (non-hydrogen) atoms. The monoisotopic (exact) mass is 598 g/mol. The number of aromatic nitrogens is 2. The molecule has 1 aromatic heterocycles. The van der Waals surface area contributed by atoms with E-state index in [1.807, 2.05) is 67.6 Å². The van der Waals surface area contributed by atoms with Gasteiger partial charge in [-0.05, 0) is 84.8 Å². The van der Waals surface area contributed by atoms with Crippen molar-refractivity contribution in [1.29, 1.82) is 0 Å². The number of rotatable bonds is 8. The van der Waals surface area contributed by atoms with E-state index in [-0.39, 0.29) is 0 Å². The highest BCUT2D eigenvalue weighted by Gasteiger charge is 2.44. The Morgan fingerprint density at radius 2 is 1.64 bits per heavy atom. The van der Waals surface area contributed by atoms with Gasteiger partial charge in [0.15, 0.2) is 0 Å². The first kappa shape index (κ1) is 25.8. The van der Waals surface area contributed by atoms with E-state index in [1.165, 1.54) is 5.56 Å². The number of carboxylic acid groups (broad SMARTS) is 1. The van der Waals surface area contributed by atoms with Gasteiger partial charge in [-0.3, -0.25) is 4.79 Å². The van der Waals surface area contributed by atoms with Crippen LogP contribution in [0.2, 0.25) is 5.02 Å². The highest BCUT2D eigenvalue weighted by molar-refractivity contribution is 9.10. The molecule has 0 radical (unpaired) electrons. The van der Waals surface area contributed by atoms with E-state index in [2.05, 4.69) is 38.7 Å². The lowest BCUT2D eigenvalue weighted by molar-refractivity contribution is -0.140. The van der Waals surface area contributed by atoms with Gasteiger partial charge in [0.1, 0.15) is 11.2 Å². The summed E-state index contributed by atoms with van der Waals surface area (Å²) >= 11 is 9.81. The SMILES string of the molecule is Cc1ccc(C(C(=O)O)(c2ccc(Cl)cc2)c2ccc3nc(C4CC4)n(CCc4cccc(Br)c4)c3c2)cc1. The third-order valence-corrected chi connectivity index (χ3v) is 8.49. The van der Waals surface area contributed by atoms with Gasteiger partial charge < -0.3 is 9.67 Å². The zero-order valence-electron chi connectivity index (χ0n) is 21.6. The Bertz CT molecular complexity index is 1630. The molecule has 1 aliphatic carbocycles. The van der Waals surface area contributed by atoms with Crippen LogP contribution in [0.1, 0.15) is 52.4 Å². The zero-order valence-corrected chi connectivity index (χ0v) is 23.9. The molecule has 1 saturated carbocycles. The number of hydrogen-bond donors (Lipinski definition) is 1. The average Bonchev–Trinajstić information content (AvgIpc) is 3.71. The summed E-state index contributed by atoms with van der Waals surface area (Å²) in [6.45, 7) is 2.78. The molecule has 1 aliphatic rings. The summed E-state index contributed by atoms with van der Waals surface area (Å²) in [5.41, 5.74) is 4.82. The van der Waals surface area contributed by atoms with Crippen LogP contribution in [0.3, 0.4) is 0 Å². The standard InChI is InChI=1S/C33H28BrClN2O2/c1-21-5-9-24(10-6-21)33(32(38)39,25-11-14-28(35)15-12-25)26-13-16-29-30(20-26)37(31(36-29)23-7-8-23)18-17-22-3-2-4-27(34)19-22/h2-6,9-16,19-20,23H,7-8,17-18H2,1H3,(H,38,39). The maximum Gasteiger partial charge on any atom is 0.323 e. The van der Waals surface area contributed by atoms with Crippen molar-refractivity contribution in [2.24, 2.45) is 0 Å². The number of carbonyl (C=O) groups is 1. The van der Waals surface area contributed by atoms with E-state index in [9.17, 15) is 9.90 Å². The molecule has 4 nitrogen and oxygen atoms in total. The fraction of sp³-hybridized carbons (Fsp3) is 0.212. The van der Waals surface area contributed by atoms with Crippen LogP contribution in [0.5, 0.6) is 0 Å². The van der Waals surface area contributed by atoms with Crippen LogP contribution in [-0.4, -0.2) is 20.6 Å². The van der Waals surface area contributed by atoms with E-state index in [4.69, 9.17) is 16.6 Å². The normalized spacial score (nSPS) is 14.8. The molecule has 0 bridgehead atoms. The van der Waals surface area contributed by atoms with Crippen molar-refractivity contribution in [3.05, 3.63) is 134 Å². The summed E-state index contributed by atoms with van der Waals surface area (Å²) in [5, 5.41) is 11.6. The summed E-state index contributed by atoms with van der Waals surface area (Å²) in [5.74, 6) is 0.622. The summed E-state index contributed by atoms with van der Waals surface area (Å²) in [7, 11) is 0. The average molecular weight is 600 g/mol. The molecule has 196 valence electrons. The van der Waals surface area contributed by atoms with Gasteiger partial charge in [-0.25, -0.2) is 4.98 Å². The molecule has 1 heterocycles. The lowest BCUT2D eigenvalue weighted by atomic mass is 9.69. The third-order valence-electron chi connectivity index (χ3n) is 7.75. The van der Waals surface area contributed by atoms with Crippen molar-refractivity contribution in [2.45, 2.75) is 44.1 Å². The smallest absolute Gasteiger partial charge is 0.323 e. The topological polar surface area (TPSA) is 55.1 Å². The number of nitrogens with zero attached hydrogens (tertiary/aromatic N) is 2. The van der Waals surface area contributed by atoms with Crippen LogP contribution >= 0.6 is 27.5 Å². The summed E-state index contributed by atoms with van der Waals surface area (Å²) in [6.07, 6.45) is 3.13. The third kappa shape index (κ3) is 4.79. The molecule has 6 rings (SSSR count). The van der Waals surface area contributed by atoms with Crippen molar-refractivity contribution in [3.8, 4) is 0 Å². The van der Waals surface area contributed by atoms with Crippen LogP contribution in [0.4, 0.5) is 0 Å². The molecule has 0 amide bonds. The number of aliphatic carboxylic acids is 1. The van der Waals surface area contributed by atoms with Gasteiger partial charge >= 0.3 is 5.97 Å². The molecular weight excluding hydrogens is 572 g/mol. The van der Waals surface area contributed by atoms with Gasteiger partial charge in [0.25, 0.3) is 0 Å². The number of aryl methyl sites for hydroxylation is 3. The number of carboxylic acids is 1. The Labute approximate surface area is 241 Å². The highest BCUT2D eigenvalue weighted by atomic mass is 79.9. The Balaban J connectivity index is 1.54. The minimum Gasteiger partial charge on any atom is -0.480 e. The minimum absolute atomic E-state index is 0.459. The van der Waals surface area contributed by atoms with Crippen molar-refractivity contribution in [3.63, 3.8) is 0 Å². The van der Waals surface area contributed by atoms with Gasteiger partial charge in [-0.2, -0.15) is 0 Å². The first-order valence-electron chi connectivity index (χ1n) is 13.2. The van der Waals surface area contributed by atoms with Crippen molar-refractivity contribution in [1.82, 2.24) is 9.55 Å². The van der Waals surface area contributed by atoms with Gasteiger partial charge in [-0.15, -0.1) is 0 Å². The van der Waals surface area contributed by atoms with Gasteiger partial charge in [0, 0.05) is 22.0 Å². The summed E-state index contributed by atoms with van der Waals surface area (Å²) in [4.78, 5) is 18.4. The van der Waals surface area contributed by atoms with Crippen LogP contribution in [0, 0.1) is 6.92 Å².